The number of rotatable bonds is 11. The maximum atomic E-state index is 14.6. The molecule has 7 rings (SSSR count). The number of imidazole rings is 2. The first kappa shape index (κ1) is 34.9. The number of nitrogens with one attached hydrogen (secondary N) is 2. The molecule has 8 nitrogen and oxygen atoms in total. The van der Waals surface area contributed by atoms with E-state index in [0.717, 1.165) is 64.6 Å². The highest BCUT2D eigenvalue weighted by Gasteiger charge is 2.38. The number of nitrogens with zero attached hydrogens (tertiary/aromatic N) is 4. The number of aromatic nitrogens is 4. The molecule has 1 fully saturated rings. The lowest BCUT2D eigenvalue weighted by Gasteiger charge is -2.29. The summed E-state index contributed by atoms with van der Waals surface area (Å²) in [4.78, 5) is 46.6. The van der Waals surface area contributed by atoms with Gasteiger partial charge in [0.15, 0.2) is 0 Å². The predicted molar refractivity (Wildman–Crippen MR) is 202 cm³/mol. The molecule has 1 saturated heterocycles. The summed E-state index contributed by atoms with van der Waals surface area (Å²) < 4.78 is 14.6. The topological polar surface area (TPSA) is 98.0 Å². The lowest BCUT2D eigenvalue weighted by Crippen LogP contribution is -2.35. The third-order valence-corrected chi connectivity index (χ3v) is 10.8. The van der Waals surface area contributed by atoms with Crippen molar-refractivity contribution in [2.24, 2.45) is 11.8 Å². The van der Waals surface area contributed by atoms with Crippen LogP contribution < -0.4 is 0 Å². The Hall–Kier alpha value is -4.53. The number of carbonyl (C=O) groups excluding carboxylic acids is 2. The van der Waals surface area contributed by atoms with Crippen molar-refractivity contribution < 1.29 is 14.0 Å². The van der Waals surface area contributed by atoms with E-state index in [2.05, 4.69) is 73.2 Å². The van der Waals surface area contributed by atoms with Gasteiger partial charge in [0.05, 0.1) is 41.6 Å². The largest absolute Gasteiger partial charge is 0.340 e. The molecule has 0 spiro atoms. The first-order chi connectivity index (χ1) is 24.6. The standard InChI is InChI=1S/C42H51FN6O2/c1-7-36(48(8-2)38(50)18-24(3)4)42-45-34-17-13-27-20-26(12-14-30(27)40(34)47-42)29-15-16-33(32-11-9-10-31(29)32)35-22-44-41(46-35)37-21-28(43)23-49(37)39(51)19-25(5)6/h12-17,20,22,24-25,28,36-37H,7-11,18-19,21,23H2,1-6H3,(H,44,46)(H,45,47). The second-order valence-corrected chi connectivity index (χ2v) is 15.4. The summed E-state index contributed by atoms with van der Waals surface area (Å²) in [6.07, 6.45) is 5.89. The van der Waals surface area contributed by atoms with Gasteiger partial charge in [-0.3, -0.25) is 9.59 Å². The lowest BCUT2D eigenvalue weighted by atomic mass is 9.91. The Morgan fingerprint density at radius 3 is 2.43 bits per heavy atom. The molecule has 2 aromatic heterocycles. The average Bonchev–Trinajstić information content (AvgIpc) is 3.91. The van der Waals surface area contributed by atoms with Gasteiger partial charge in [0.1, 0.15) is 17.8 Å². The number of halogens is 1. The Labute approximate surface area is 300 Å². The number of benzene rings is 3. The first-order valence-corrected chi connectivity index (χ1v) is 18.9. The van der Waals surface area contributed by atoms with Crippen LogP contribution in [0.5, 0.6) is 0 Å². The van der Waals surface area contributed by atoms with Crippen LogP contribution in [0, 0.1) is 11.8 Å². The Kier molecular flexibility index (Phi) is 9.74. The summed E-state index contributed by atoms with van der Waals surface area (Å²) in [6, 6.07) is 14.9. The minimum atomic E-state index is -1.04. The molecule has 2 aliphatic rings. The molecule has 1 aliphatic carbocycles. The van der Waals surface area contributed by atoms with Crippen molar-refractivity contribution in [3.63, 3.8) is 0 Å². The molecular formula is C42H51FN6O2. The smallest absolute Gasteiger partial charge is 0.223 e. The number of aromatic amines is 2. The van der Waals surface area contributed by atoms with Gasteiger partial charge in [0.2, 0.25) is 11.8 Å². The highest BCUT2D eigenvalue weighted by Crippen LogP contribution is 2.41. The zero-order valence-electron chi connectivity index (χ0n) is 30.9. The lowest BCUT2D eigenvalue weighted by molar-refractivity contribution is -0.134. The van der Waals surface area contributed by atoms with Crippen LogP contribution in [0.3, 0.4) is 0 Å². The van der Waals surface area contributed by atoms with Gasteiger partial charge in [-0.25, -0.2) is 14.4 Å². The maximum absolute atomic E-state index is 14.6. The molecule has 51 heavy (non-hydrogen) atoms. The fourth-order valence-corrected chi connectivity index (χ4v) is 8.40. The summed E-state index contributed by atoms with van der Waals surface area (Å²) in [7, 11) is 0. The molecule has 3 heterocycles. The van der Waals surface area contributed by atoms with E-state index in [4.69, 9.17) is 9.97 Å². The van der Waals surface area contributed by atoms with Crippen LogP contribution in [0.1, 0.15) is 109 Å². The molecular weight excluding hydrogens is 640 g/mol. The Morgan fingerprint density at radius 1 is 0.961 bits per heavy atom. The highest BCUT2D eigenvalue weighted by atomic mass is 19.1. The van der Waals surface area contributed by atoms with Crippen molar-refractivity contribution in [3.05, 3.63) is 71.4 Å². The van der Waals surface area contributed by atoms with Gasteiger partial charge in [-0.15, -0.1) is 0 Å². The molecule has 0 bridgehead atoms. The van der Waals surface area contributed by atoms with Gasteiger partial charge < -0.3 is 19.8 Å². The summed E-state index contributed by atoms with van der Waals surface area (Å²) in [5.74, 6) is 2.19. The summed E-state index contributed by atoms with van der Waals surface area (Å²) in [5, 5.41) is 2.22. The van der Waals surface area contributed by atoms with Crippen molar-refractivity contribution in [2.45, 2.75) is 105 Å². The van der Waals surface area contributed by atoms with Crippen molar-refractivity contribution in [1.29, 1.82) is 0 Å². The van der Waals surface area contributed by atoms with Gasteiger partial charge in [-0.2, -0.15) is 0 Å². The van der Waals surface area contributed by atoms with Crippen molar-refractivity contribution in [2.75, 3.05) is 13.1 Å². The molecule has 9 heteroatoms. The van der Waals surface area contributed by atoms with Crippen LogP contribution >= 0.6 is 0 Å². The normalized spacial score (nSPS) is 18.0. The minimum absolute atomic E-state index is 0.0101. The third-order valence-electron chi connectivity index (χ3n) is 10.8. The van der Waals surface area contributed by atoms with Crippen LogP contribution in [-0.4, -0.2) is 60.8 Å². The molecule has 5 aromatic rings. The van der Waals surface area contributed by atoms with E-state index in [1.54, 1.807) is 4.90 Å². The van der Waals surface area contributed by atoms with E-state index in [0.29, 0.717) is 31.1 Å². The van der Waals surface area contributed by atoms with Gasteiger partial charge in [-0.05, 0) is 84.2 Å². The second kappa shape index (κ2) is 14.2. The van der Waals surface area contributed by atoms with E-state index >= 15 is 0 Å². The summed E-state index contributed by atoms with van der Waals surface area (Å²) >= 11 is 0. The molecule has 3 aromatic carbocycles. The van der Waals surface area contributed by atoms with Crippen molar-refractivity contribution >= 4 is 33.6 Å². The van der Waals surface area contributed by atoms with Crippen LogP contribution in [0.2, 0.25) is 0 Å². The zero-order valence-corrected chi connectivity index (χ0v) is 30.9. The predicted octanol–water partition coefficient (Wildman–Crippen LogP) is 9.27. The van der Waals surface area contributed by atoms with Crippen LogP contribution in [-0.2, 0) is 22.4 Å². The third kappa shape index (κ3) is 6.67. The van der Waals surface area contributed by atoms with Crippen LogP contribution in [0.4, 0.5) is 4.39 Å². The van der Waals surface area contributed by atoms with E-state index in [9.17, 15) is 14.0 Å². The zero-order chi connectivity index (χ0) is 36.0. The van der Waals surface area contributed by atoms with Gasteiger partial charge >= 0.3 is 0 Å². The van der Waals surface area contributed by atoms with E-state index in [1.165, 1.54) is 22.3 Å². The van der Waals surface area contributed by atoms with Crippen molar-refractivity contribution in [1.82, 2.24) is 29.7 Å². The number of alkyl halides is 1. The number of amides is 2. The highest BCUT2D eigenvalue weighted by molar-refractivity contribution is 6.05. The fourth-order valence-electron chi connectivity index (χ4n) is 8.40. The maximum Gasteiger partial charge on any atom is 0.223 e. The van der Waals surface area contributed by atoms with E-state index in [-0.39, 0.29) is 42.8 Å². The minimum Gasteiger partial charge on any atom is -0.340 e. The molecule has 268 valence electrons. The molecule has 2 amide bonds. The Morgan fingerprint density at radius 2 is 1.71 bits per heavy atom. The second-order valence-electron chi connectivity index (χ2n) is 15.4. The molecule has 3 unspecified atom stereocenters. The first-order valence-electron chi connectivity index (χ1n) is 18.9. The Bertz CT molecular complexity index is 2080. The van der Waals surface area contributed by atoms with Crippen LogP contribution in [0.15, 0.2) is 48.7 Å². The molecule has 3 atom stereocenters. The van der Waals surface area contributed by atoms with Crippen molar-refractivity contribution in [3.8, 4) is 22.4 Å². The van der Waals surface area contributed by atoms with E-state index in [1.807, 2.05) is 31.9 Å². The number of hydrogen-bond acceptors (Lipinski definition) is 4. The number of fused-ring (bicyclic) bond motifs is 4. The molecule has 1 aliphatic heterocycles. The molecule has 0 saturated carbocycles. The number of carbonyl (C=O) groups is 2. The number of likely N-dealkylation sites (tertiary alicyclic amines) is 1. The summed E-state index contributed by atoms with van der Waals surface area (Å²) in [6.45, 7) is 13.1. The van der Waals surface area contributed by atoms with E-state index < -0.39 is 6.17 Å². The van der Waals surface area contributed by atoms with Gasteiger partial charge in [0.25, 0.3) is 0 Å². The quantitative estimate of drug-likeness (QED) is 0.144. The summed E-state index contributed by atoms with van der Waals surface area (Å²) in [5.41, 5.74) is 9.07. The van der Waals surface area contributed by atoms with Gasteiger partial charge in [0, 0.05) is 36.8 Å². The molecule has 0 radical (unpaired) electrons. The average molecular weight is 691 g/mol. The Balaban J connectivity index is 1.18. The molecule has 2 N–H and O–H groups in total. The SMILES string of the molecule is CCC(c1nc2c(ccc3cc(-c4ccc(-c5cnc(C6CC(F)CN6C(=O)CC(C)C)[nH]5)c5c4CCC5)ccc32)[nH]1)N(CC)C(=O)CC(C)C. The van der Waals surface area contributed by atoms with Crippen LogP contribution in [0.25, 0.3) is 44.2 Å². The fraction of sp³-hybridized carbons (Fsp3) is 0.476. The number of hydrogen-bond donors (Lipinski definition) is 2. The van der Waals surface area contributed by atoms with Gasteiger partial charge in [-0.1, -0.05) is 65.0 Å². The monoisotopic (exact) mass is 690 g/mol. The number of H-pyrrole nitrogens is 2.